The molecule has 11 nitrogen and oxygen atoms in total. The Labute approximate surface area is 179 Å². The standard InChI is InChI=1S/C20H26N2O9/c1-12(15(17(24)28-2)18(25)29-3)16(19(26)30-4)22-14(23)10-21-20(27)31-11-13-8-6-5-7-9-13/h5-9,12,15-16H,10-11H2,1-4H3,(H,21,27)(H,22,23)/t12-,16+/m0/s1. The summed E-state index contributed by atoms with van der Waals surface area (Å²) in [6, 6.07) is 7.53. The molecule has 1 aromatic rings. The van der Waals surface area contributed by atoms with E-state index in [1.807, 2.05) is 6.07 Å². The highest BCUT2D eigenvalue weighted by Crippen LogP contribution is 2.20. The van der Waals surface area contributed by atoms with E-state index in [1.165, 1.54) is 6.92 Å². The maximum atomic E-state index is 12.2. The van der Waals surface area contributed by atoms with Crippen LogP contribution in [-0.4, -0.2) is 63.8 Å². The van der Waals surface area contributed by atoms with Gasteiger partial charge < -0.3 is 29.6 Å². The fraction of sp³-hybridized carbons (Fsp3) is 0.450. The highest BCUT2D eigenvalue weighted by Gasteiger charge is 2.42. The lowest BCUT2D eigenvalue weighted by Crippen LogP contribution is -2.52. The summed E-state index contributed by atoms with van der Waals surface area (Å²) >= 11 is 0. The first-order valence-corrected chi connectivity index (χ1v) is 9.22. The van der Waals surface area contributed by atoms with E-state index in [0.29, 0.717) is 0 Å². The van der Waals surface area contributed by atoms with E-state index in [2.05, 4.69) is 24.8 Å². The van der Waals surface area contributed by atoms with Gasteiger partial charge in [-0.3, -0.25) is 14.4 Å². The smallest absolute Gasteiger partial charge is 0.407 e. The summed E-state index contributed by atoms with van der Waals surface area (Å²) in [5, 5.41) is 4.58. The molecule has 2 amide bonds. The topological polar surface area (TPSA) is 146 Å². The number of alkyl carbamates (subject to hydrolysis) is 1. The third kappa shape index (κ3) is 7.96. The Morgan fingerprint density at radius 1 is 0.871 bits per heavy atom. The molecule has 0 saturated heterocycles. The quantitative estimate of drug-likeness (QED) is 0.296. The van der Waals surface area contributed by atoms with Crippen molar-refractivity contribution < 1.29 is 42.9 Å². The number of ether oxygens (including phenoxy) is 4. The van der Waals surface area contributed by atoms with Crippen LogP contribution in [-0.2, 0) is 44.7 Å². The maximum Gasteiger partial charge on any atom is 0.407 e. The number of amides is 2. The van der Waals surface area contributed by atoms with Gasteiger partial charge in [0.05, 0.1) is 21.3 Å². The molecule has 0 aromatic heterocycles. The minimum Gasteiger partial charge on any atom is -0.468 e. The predicted octanol–water partition coefficient (Wildman–Crippen LogP) is 0.169. The Morgan fingerprint density at radius 2 is 1.42 bits per heavy atom. The molecule has 0 unspecified atom stereocenters. The average Bonchev–Trinajstić information content (AvgIpc) is 2.79. The maximum absolute atomic E-state index is 12.2. The van der Waals surface area contributed by atoms with Crippen molar-refractivity contribution in [1.29, 1.82) is 0 Å². The van der Waals surface area contributed by atoms with E-state index in [9.17, 15) is 24.0 Å². The van der Waals surface area contributed by atoms with Crippen LogP contribution in [0.2, 0.25) is 0 Å². The van der Waals surface area contributed by atoms with Crippen molar-refractivity contribution in [2.24, 2.45) is 11.8 Å². The Kier molecular flexibility index (Phi) is 10.5. The first kappa shape index (κ1) is 25.4. The number of nitrogens with one attached hydrogen (secondary N) is 2. The van der Waals surface area contributed by atoms with E-state index in [0.717, 1.165) is 26.9 Å². The molecule has 0 saturated carbocycles. The second kappa shape index (κ2) is 12.8. The lowest BCUT2D eigenvalue weighted by Gasteiger charge is -2.27. The van der Waals surface area contributed by atoms with Crippen LogP contribution in [0, 0.1) is 11.8 Å². The number of benzene rings is 1. The summed E-state index contributed by atoms with van der Waals surface area (Å²) in [5.41, 5.74) is 0.762. The molecule has 0 aliphatic rings. The lowest BCUT2D eigenvalue weighted by atomic mass is 9.87. The van der Waals surface area contributed by atoms with Gasteiger partial charge in [0.15, 0.2) is 5.92 Å². The molecular formula is C20H26N2O9. The number of esters is 3. The Morgan fingerprint density at radius 3 is 1.94 bits per heavy atom. The third-order valence-electron chi connectivity index (χ3n) is 4.34. The SMILES string of the molecule is COC(=O)C(C(=O)OC)[C@H](C)[C@@H](NC(=O)CNC(=O)OCc1ccccc1)C(=O)OC. The van der Waals surface area contributed by atoms with Gasteiger partial charge in [0.25, 0.3) is 0 Å². The van der Waals surface area contributed by atoms with E-state index < -0.39 is 54.3 Å². The van der Waals surface area contributed by atoms with Gasteiger partial charge in [-0.05, 0) is 5.56 Å². The van der Waals surface area contributed by atoms with Crippen molar-refractivity contribution in [1.82, 2.24) is 10.6 Å². The lowest BCUT2D eigenvalue weighted by molar-refractivity contribution is -0.163. The molecule has 170 valence electrons. The van der Waals surface area contributed by atoms with Crippen molar-refractivity contribution in [2.45, 2.75) is 19.6 Å². The van der Waals surface area contributed by atoms with Crippen LogP contribution in [0.3, 0.4) is 0 Å². The number of carbonyl (C=O) groups is 5. The zero-order valence-corrected chi connectivity index (χ0v) is 17.7. The van der Waals surface area contributed by atoms with Gasteiger partial charge in [0, 0.05) is 5.92 Å². The Balaban J connectivity index is 2.72. The van der Waals surface area contributed by atoms with Crippen LogP contribution >= 0.6 is 0 Å². The summed E-state index contributed by atoms with van der Waals surface area (Å²) in [4.78, 5) is 60.2. The molecule has 31 heavy (non-hydrogen) atoms. The molecule has 0 bridgehead atoms. The fourth-order valence-electron chi connectivity index (χ4n) is 2.65. The summed E-state index contributed by atoms with van der Waals surface area (Å²) in [6.07, 6.45) is -0.844. The molecule has 0 aliphatic carbocycles. The summed E-state index contributed by atoms with van der Waals surface area (Å²) in [5.74, 6) is -6.10. The van der Waals surface area contributed by atoms with E-state index in [4.69, 9.17) is 4.74 Å². The summed E-state index contributed by atoms with van der Waals surface area (Å²) in [7, 11) is 3.22. The Hall–Kier alpha value is -3.63. The number of hydrogen-bond donors (Lipinski definition) is 2. The molecule has 2 N–H and O–H groups in total. The number of hydrogen-bond acceptors (Lipinski definition) is 9. The van der Waals surface area contributed by atoms with Crippen LogP contribution in [0.5, 0.6) is 0 Å². The molecule has 1 aromatic carbocycles. The van der Waals surface area contributed by atoms with Crippen molar-refractivity contribution in [2.75, 3.05) is 27.9 Å². The molecular weight excluding hydrogens is 412 g/mol. The number of carbonyl (C=O) groups excluding carboxylic acids is 5. The van der Waals surface area contributed by atoms with Crippen molar-refractivity contribution in [3.63, 3.8) is 0 Å². The zero-order valence-electron chi connectivity index (χ0n) is 17.7. The van der Waals surface area contributed by atoms with Gasteiger partial charge >= 0.3 is 24.0 Å². The number of rotatable bonds is 10. The predicted molar refractivity (Wildman–Crippen MR) is 105 cm³/mol. The first-order chi connectivity index (χ1) is 14.7. The van der Waals surface area contributed by atoms with Gasteiger partial charge in [0.2, 0.25) is 5.91 Å². The van der Waals surface area contributed by atoms with Crippen LogP contribution in [0.15, 0.2) is 30.3 Å². The fourth-order valence-corrected chi connectivity index (χ4v) is 2.65. The van der Waals surface area contributed by atoms with Gasteiger partial charge in [-0.15, -0.1) is 0 Å². The van der Waals surface area contributed by atoms with Gasteiger partial charge in [-0.1, -0.05) is 37.3 Å². The molecule has 1 rings (SSSR count). The van der Waals surface area contributed by atoms with Gasteiger partial charge in [0.1, 0.15) is 19.2 Å². The normalized spacial score (nSPS) is 12.2. The van der Waals surface area contributed by atoms with Crippen molar-refractivity contribution in [3.05, 3.63) is 35.9 Å². The van der Waals surface area contributed by atoms with Crippen LogP contribution in [0.4, 0.5) is 4.79 Å². The molecule has 0 fully saturated rings. The highest BCUT2D eigenvalue weighted by atomic mass is 16.6. The van der Waals surface area contributed by atoms with E-state index >= 15 is 0 Å². The zero-order chi connectivity index (χ0) is 23.4. The van der Waals surface area contributed by atoms with Crippen LogP contribution in [0.25, 0.3) is 0 Å². The molecule has 0 heterocycles. The molecule has 11 heteroatoms. The third-order valence-corrected chi connectivity index (χ3v) is 4.34. The van der Waals surface area contributed by atoms with Crippen LogP contribution in [0.1, 0.15) is 12.5 Å². The van der Waals surface area contributed by atoms with Gasteiger partial charge in [-0.2, -0.15) is 0 Å². The minimum absolute atomic E-state index is 0.00997. The second-order valence-electron chi connectivity index (χ2n) is 6.37. The molecule has 0 radical (unpaired) electrons. The summed E-state index contributed by atoms with van der Waals surface area (Å²) in [6.45, 7) is 0.868. The molecule has 0 spiro atoms. The van der Waals surface area contributed by atoms with E-state index in [-0.39, 0.29) is 6.61 Å². The van der Waals surface area contributed by atoms with Gasteiger partial charge in [-0.25, -0.2) is 9.59 Å². The average molecular weight is 438 g/mol. The van der Waals surface area contributed by atoms with Crippen molar-refractivity contribution in [3.8, 4) is 0 Å². The highest BCUT2D eigenvalue weighted by molar-refractivity contribution is 5.96. The molecule has 2 atom stereocenters. The van der Waals surface area contributed by atoms with E-state index in [1.54, 1.807) is 24.3 Å². The first-order valence-electron chi connectivity index (χ1n) is 9.22. The Bertz CT molecular complexity index is 766. The monoisotopic (exact) mass is 438 g/mol. The summed E-state index contributed by atoms with van der Waals surface area (Å²) < 4.78 is 18.8. The minimum atomic E-state index is -1.48. The van der Waals surface area contributed by atoms with Crippen molar-refractivity contribution >= 4 is 29.9 Å². The molecule has 0 aliphatic heterocycles. The second-order valence-corrected chi connectivity index (χ2v) is 6.37. The van der Waals surface area contributed by atoms with Crippen LogP contribution < -0.4 is 10.6 Å². The largest absolute Gasteiger partial charge is 0.468 e. The number of methoxy groups -OCH3 is 3.